The van der Waals surface area contributed by atoms with E-state index in [4.69, 9.17) is 0 Å². The van der Waals surface area contributed by atoms with Gasteiger partial charge in [0.1, 0.15) is 6.61 Å². The molecule has 2 aliphatic heterocycles. The van der Waals surface area contributed by atoms with Crippen LogP contribution in [0.1, 0.15) is 32.6 Å². The fraction of sp³-hybridized carbons (Fsp3) is 0.647. The number of hydrogen-bond donors (Lipinski definition) is 1. The first-order valence-electron chi connectivity index (χ1n) is 8.59. The molecule has 0 unspecified atom stereocenters. The molecule has 2 heterocycles. The fourth-order valence-electron chi connectivity index (χ4n) is 2.62. The average molecular weight is 353 g/mol. The lowest BCUT2D eigenvalue weighted by atomic mass is 10.4. The summed E-state index contributed by atoms with van der Waals surface area (Å²) >= 11 is 0. The van der Waals surface area contributed by atoms with Gasteiger partial charge in [-0.1, -0.05) is 6.08 Å². The summed E-state index contributed by atoms with van der Waals surface area (Å²) in [4.78, 5) is 46.4. The standard InChI is InChI=1S/C10H16N2O2.C7H11NO3/c1-2-4-9(13)11-6-8-12-7-3-5-10(12)14;9-6-11-5-4-8-3-1-2-7(8)10/h2,4H,3,5-8H2,1H3,(H,11,13);6H,1-5H2/b4-2-;. The third kappa shape index (κ3) is 8.32. The van der Waals surface area contributed by atoms with Gasteiger partial charge < -0.3 is 19.9 Å². The van der Waals surface area contributed by atoms with Gasteiger partial charge in [-0.25, -0.2) is 0 Å². The van der Waals surface area contributed by atoms with E-state index in [-0.39, 0.29) is 17.7 Å². The van der Waals surface area contributed by atoms with Crippen LogP contribution in [0.25, 0.3) is 0 Å². The van der Waals surface area contributed by atoms with Crippen molar-refractivity contribution in [2.45, 2.75) is 32.6 Å². The van der Waals surface area contributed by atoms with E-state index >= 15 is 0 Å². The molecule has 0 aromatic heterocycles. The Labute approximate surface area is 148 Å². The maximum Gasteiger partial charge on any atom is 0.293 e. The summed E-state index contributed by atoms with van der Waals surface area (Å²) < 4.78 is 4.47. The molecule has 0 aromatic rings. The molecule has 2 saturated heterocycles. The zero-order valence-corrected chi connectivity index (χ0v) is 14.7. The van der Waals surface area contributed by atoms with Gasteiger partial charge in [0.15, 0.2) is 0 Å². The molecule has 8 heteroatoms. The van der Waals surface area contributed by atoms with Gasteiger partial charge in [0.2, 0.25) is 17.7 Å². The van der Waals surface area contributed by atoms with Crippen molar-refractivity contribution >= 4 is 24.2 Å². The summed E-state index contributed by atoms with van der Waals surface area (Å²) in [6, 6.07) is 0. The largest absolute Gasteiger partial charge is 0.466 e. The number of carbonyl (C=O) groups is 4. The highest BCUT2D eigenvalue weighted by atomic mass is 16.5. The average Bonchev–Trinajstić information content (AvgIpc) is 3.18. The van der Waals surface area contributed by atoms with Crippen LogP contribution in [0.15, 0.2) is 12.2 Å². The molecule has 1 N–H and O–H groups in total. The van der Waals surface area contributed by atoms with Crippen molar-refractivity contribution < 1.29 is 23.9 Å². The Morgan fingerprint density at radius 3 is 2.20 bits per heavy atom. The molecule has 0 atom stereocenters. The van der Waals surface area contributed by atoms with Crippen LogP contribution in [0.3, 0.4) is 0 Å². The summed E-state index contributed by atoms with van der Waals surface area (Å²) in [6.45, 7) is 5.85. The van der Waals surface area contributed by atoms with Crippen LogP contribution in [0, 0.1) is 0 Å². The first-order chi connectivity index (χ1) is 12.1. The summed E-state index contributed by atoms with van der Waals surface area (Å²) in [5.41, 5.74) is 0. The Morgan fingerprint density at radius 1 is 1.12 bits per heavy atom. The Kier molecular flexibility index (Phi) is 9.96. The molecule has 0 aromatic carbocycles. The van der Waals surface area contributed by atoms with Crippen molar-refractivity contribution in [2.24, 2.45) is 0 Å². The molecule has 0 bridgehead atoms. The molecular weight excluding hydrogens is 326 g/mol. The smallest absolute Gasteiger partial charge is 0.293 e. The molecule has 2 fully saturated rings. The second kappa shape index (κ2) is 12.0. The predicted molar refractivity (Wildman–Crippen MR) is 91.5 cm³/mol. The second-order valence-corrected chi connectivity index (χ2v) is 5.73. The molecule has 0 saturated carbocycles. The van der Waals surface area contributed by atoms with Gasteiger partial charge in [-0.15, -0.1) is 0 Å². The van der Waals surface area contributed by atoms with Crippen molar-refractivity contribution in [1.82, 2.24) is 15.1 Å². The summed E-state index contributed by atoms with van der Waals surface area (Å²) in [5.74, 6) is 0.268. The van der Waals surface area contributed by atoms with Crippen LogP contribution in [0.2, 0.25) is 0 Å². The molecule has 0 aliphatic carbocycles. The highest BCUT2D eigenvalue weighted by molar-refractivity contribution is 5.87. The lowest BCUT2D eigenvalue weighted by molar-refractivity contribution is -0.133. The number of amides is 3. The second-order valence-electron chi connectivity index (χ2n) is 5.73. The molecule has 0 radical (unpaired) electrons. The number of nitrogens with zero attached hydrogens (tertiary/aromatic N) is 2. The third-order valence-corrected chi connectivity index (χ3v) is 3.89. The first-order valence-corrected chi connectivity index (χ1v) is 8.59. The summed E-state index contributed by atoms with van der Waals surface area (Å²) in [7, 11) is 0. The van der Waals surface area contributed by atoms with Crippen molar-refractivity contribution in [2.75, 3.05) is 39.3 Å². The van der Waals surface area contributed by atoms with Crippen molar-refractivity contribution in [1.29, 1.82) is 0 Å². The van der Waals surface area contributed by atoms with Gasteiger partial charge in [0.05, 0.1) is 6.54 Å². The molecule has 2 rings (SSSR count). The van der Waals surface area contributed by atoms with Crippen molar-refractivity contribution in [3.8, 4) is 0 Å². The molecule has 3 amide bonds. The topological polar surface area (TPSA) is 96.0 Å². The van der Waals surface area contributed by atoms with E-state index < -0.39 is 0 Å². The van der Waals surface area contributed by atoms with Crippen LogP contribution in [0.5, 0.6) is 0 Å². The molecule has 0 spiro atoms. The van der Waals surface area contributed by atoms with E-state index in [1.165, 1.54) is 6.08 Å². The molecule has 25 heavy (non-hydrogen) atoms. The monoisotopic (exact) mass is 353 g/mol. The minimum Gasteiger partial charge on any atom is -0.466 e. The van der Waals surface area contributed by atoms with Gasteiger partial charge in [0, 0.05) is 39.0 Å². The number of hydrogen-bond acceptors (Lipinski definition) is 5. The maximum atomic E-state index is 11.2. The van der Waals surface area contributed by atoms with Gasteiger partial charge in [-0.05, 0) is 25.8 Å². The number of nitrogens with one attached hydrogen (secondary N) is 1. The van der Waals surface area contributed by atoms with Gasteiger partial charge >= 0.3 is 0 Å². The predicted octanol–water partition coefficient (Wildman–Crippen LogP) is 0.0829. The zero-order valence-electron chi connectivity index (χ0n) is 14.7. The van der Waals surface area contributed by atoms with Crippen LogP contribution in [0.4, 0.5) is 0 Å². The maximum absolute atomic E-state index is 11.2. The van der Waals surface area contributed by atoms with E-state index in [0.29, 0.717) is 45.6 Å². The molecule has 2 aliphatic rings. The van der Waals surface area contributed by atoms with Crippen LogP contribution in [-0.4, -0.2) is 73.3 Å². The molecule has 140 valence electrons. The van der Waals surface area contributed by atoms with E-state index in [9.17, 15) is 19.2 Å². The Bertz CT molecular complexity index is 493. The number of ether oxygens (including phenoxy) is 1. The van der Waals surface area contributed by atoms with Crippen LogP contribution < -0.4 is 5.32 Å². The normalized spacial score (nSPS) is 16.8. The van der Waals surface area contributed by atoms with Crippen LogP contribution >= 0.6 is 0 Å². The van der Waals surface area contributed by atoms with Gasteiger partial charge in [-0.3, -0.25) is 19.2 Å². The minimum atomic E-state index is -0.0980. The number of rotatable bonds is 8. The quantitative estimate of drug-likeness (QED) is 0.379. The van der Waals surface area contributed by atoms with Crippen molar-refractivity contribution in [3.63, 3.8) is 0 Å². The Morgan fingerprint density at radius 2 is 1.72 bits per heavy atom. The van der Waals surface area contributed by atoms with Gasteiger partial charge in [0.25, 0.3) is 6.47 Å². The number of carbonyl (C=O) groups excluding carboxylic acids is 4. The minimum absolute atomic E-state index is 0.0980. The van der Waals surface area contributed by atoms with E-state index in [1.54, 1.807) is 22.8 Å². The SMILES string of the molecule is C/C=C\C(=O)NCCN1CCCC1=O.O=COCCN1CCCC1=O. The van der Waals surface area contributed by atoms with Crippen LogP contribution in [-0.2, 0) is 23.9 Å². The lowest BCUT2D eigenvalue weighted by Gasteiger charge is -2.14. The Balaban J connectivity index is 0.000000257. The van der Waals surface area contributed by atoms with Crippen molar-refractivity contribution in [3.05, 3.63) is 12.2 Å². The van der Waals surface area contributed by atoms with E-state index in [2.05, 4.69) is 10.1 Å². The molecule has 8 nitrogen and oxygen atoms in total. The highest BCUT2D eigenvalue weighted by Gasteiger charge is 2.19. The number of allylic oxidation sites excluding steroid dienone is 1. The fourth-order valence-corrected chi connectivity index (χ4v) is 2.62. The van der Waals surface area contributed by atoms with E-state index in [0.717, 1.165) is 25.9 Å². The number of likely N-dealkylation sites (tertiary alicyclic amines) is 2. The summed E-state index contributed by atoms with van der Waals surface area (Å²) in [5, 5.41) is 2.71. The summed E-state index contributed by atoms with van der Waals surface area (Å²) in [6.07, 6.45) is 6.34. The highest BCUT2D eigenvalue weighted by Crippen LogP contribution is 2.08. The van der Waals surface area contributed by atoms with E-state index in [1.807, 2.05) is 0 Å². The lowest BCUT2D eigenvalue weighted by Crippen LogP contribution is -2.34. The van der Waals surface area contributed by atoms with Gasteiger partial charge in [-0.2, -0.15) is 0 Å². The molecular formula is C17H27N3O5. The third-order valence-electron chi connectivity index (χ3n) is 3.89. The first kappa shape index (κ1) is 20.7. The Hall–Kier alpha value is -2.38. The zero-order chi connectivity index (χ0) is 18.5.